The van der Waals surface area contributed by atoms with Crippen molar-refractivity contribution in [2.75, 3.05) is 19.6 Å². The summed E-state index contributed by atoms with van der Waals surface area (Å²) < 4.78 is 8.34. The van der Waals surface area contributed by atoms with E-state index in [-0.39, 0.29) is 17.7 Å². The van der Waals surface area contributed by atoms with Crippen LogP contribution in [-0.4, -0.2) is 45.1 Å². The summed E-state index contributed by atoms with van der Waals surface area (Å²) in [5, 5.41) is 3.68. The minimum Gasteiger partial charge on any atom is -0.355 e. The van der Waals surface area contributed by atoms with Gasteiger partial charge < -0.3 is 10.2 Å². The number of halogens is 1. The molecule has 0 spiro atoms. The van der Waals surface area contributed by atoms with Gasteiger partial charge in [0.05, 0.1) is 17.6 Å². The van der Waals surface area contributed by atoms with Crippen molar-refractivity contribution in [3.63, 3.8) is 0 Å². The molecule has 0 saturated carbocycles. The molecule has 28 heavy (non-hydrogen) atoms. The molecule has 0 unspecified atom stereocenters. The molecule has 1 aliphatic heterocycles. The second-order valence-electron chi connectivity index (χ2n) is 6.87. The molecule has 3 aromatic rings. The molecule has 1 aliphatic rings. The van der Waals surface area contributed by atoms with Gasteiger partial charge in [-0.2, -0.15) is 8.75 Å². The summed E-state index contributed by atoms with van der Waals surface area (Å²) in [7, 11) is 0. The van der Waals surface area contributed by atoms with Gasteiger partial charge in [0.2, 0.25) is 5.91 Å². The van der Waals surface area contributed by atoms with Crippen molar-refractivity contribution in [2.45, 2.75) is 12.8 Å². The molecule has 8 heteroatoms. The van der Waals surface area contributed by atoms with Crippen molar-refractivity contribution in [1.29, 1.82) is 0 Å². The average molecular weight is 415 g/mol. The van der Waals surface area contributed by atoms with Crippen LogP contribution in [0.4, 0.5) is 0 Å². The van der Waals surface area contributed by atoms with Gasteiger partial charge in [-0.25, -0.2) is 0 Å². The number of hydrogen-bond acceptors (Lipinski definition) is 5. The highest BCUT2D eigenvalue weighted by atomic mass is 35.5. The smallest absolute Gasteiger partial charge is 0.253 e. The van der Waals surface area contributed by atoms with Gasteiger partial charge in [-0.05, 0) is 48.7 Å². The lowest BCUT2D eigenvalue weighted by Gasteiger charge is -2.16. The zero-order valence-corrected chi connectivity index (χ0v) is 16.7. The second kappa shape index (κ2) is 8.24. The number of hydrogen-bond donors (Lipinski definition) is 1. The summed E-state index contributed by atoms with van der Waals surface area (Å²) >= 11 is 7.01. The first kappa shape index (κ1) is 18.8. The SMILES string of the molecule is O=C(NCCc1ccc(Cl)cc1)[C@H]1CCN(C(=O)c2ccc3nsnc3c2)C1. The van der Waals surface area contributed by atoms with E-state index in [2.05, 4.69) is 14.1 Å². The lowest BCUT2D eigenvalue weighted by atomic mass is 10.1. The lowest BCUT2D eigenvalue weighted by Crippen LogP contribution is -2.35. The van der Waals surface area contributed by atoms with Crippen LogP contribution in [0.15, 0.2) is 42.5 Å². The lowest BCUT2D eigenvalue weighted by molar-refractivity contribution is -0.124. The van der Waals surface area contributed by atoms with Gasteiger partial charge in [0.15, 0.2) is 0 Å². The largest absolute Gasteiger partial charge is 0.355 e. The molecule has 1 aromatic heterocycles. The van der Waals surface area contributed by atoms with Crippen molar-refractivity contribution < 1.29 is 9.59 Å². The summed E-state index contributed by atoms with van der Waals surface area (Å²) in [4.78, 5) is 26.9. The number of likely N-dealkylation sites (tertiary alicyclic amines) is 1. The molecule has 1 atom stereocenters. The van der Waals surface area contributed by atoms with E-state index >= 15 is 0 Å². The average Bonchev–Trinajstić information content (AvgIpc) is 3.38. The molecule has 0 radical (unpaired) electrons. The number of benzene rings is 2. The van der Waals surface area contributed by atoms with Gasteiger partial charge in [0.1, 0.15) is 11.0 Å². The summed E-state index contributed by atoms with van der Waals surface area (Å²) in [5.74, 6) is -0.228. The van der Waals surface area contributed by atoms with Crippen molar-refractivity contribution >= 4 is 46.2 Å². The highest BCUT2D eigenvalue weighted by molar-refractivity contribution is 7.00. The molecular weight excluding hydrogens is 396 g/mol. The Bertz CT molecular complexity index is 1000. The highest BCUT2D eigenvalue weighted by Gasteiger charge is 2.31. The van der Waals surface area contributed by atoms with Gasteiger partial charge in [0, 0.05) is 30.2 Å². The van der Waals surface area contributed by atoms with E-state index in [4.69, 9.17) is 11.6 Å². The van der Waals surface area contributed by atoms with Gasteiger partial charge in [-0.1, -0.05) is 23.7 Å². The van der Waals surface area contributed by atoms with E-state index in [1.165, 1.54) is 0 Å². The number of rotatable bonds is 5. The Morgan fingerprint density at radius 1 is 1.14 bits per heavy atom. The van der Waals surface area contributed by atoms with E-state index in [0.717, 1.165) is 34.7 Å². The molecule has 0 bridgehead atoms. The summed E-state index contributed by atoms with van der Waals surface area (Å²) in [6.45, 7) is 1.60. The van der Waals surface area contributed by atoms with E-state index in [1.807, 2.05) is 30.3 Å². The van der Waals surface area contributed by atoms with Crippen LogP contribution in [-0.2, 0) is 11.2 Å². The number of nitrogens with zero attached hydrogens (tertiary/aromatic N) is 3. The van der Waals surface area contributed by atoms with Crippen LogP contribution in [0.3, 0.4) is 0 Å². The predicted octanol–water partition coefficient (Wildman–Crippen LogP) is 3.17. The molecular formula is C20H19ClN4O2S. The van der Waals surface area contributed by atoms with Crippen molar-refractivity contribution in [3.8, 4) is 0 Å². The fourth-order valence-corrected chi connectivity index (χ4v) is 4.03. The number of aromatic nitrogens is 2. The summed E-state index contributed by atoms with van der Waals surface area (Å²) in [5.41, 5.74) is 3.23. The molecule has 0 aliphatic carbocycles. The van der Waals surface area contributed by atoms with Gasteiger partial charge >= 0.3 is 0 Å². The van der Waals surface area contributed by atoms with Crippen LogP contribution in [0.1, 0.15) is 22.3 Å². The number of fused-ring (bicyclic) bond motifs is 1. The number of carbonyl (C=O) groups excluding carboxylic acids is 2. The first-order valence-electron chi connectivity index (χ1n) is 9.14. The van der Waals surface area contributed by atoms with Crippen LogP contribution in [0.2, 0.25) is 5.02 Å². The first-order valence-corrected chi connectivity index (χ1v) is 10.2. The van der Waals surface area contributed by atoms with E-state index in [0.29, 0.717) is 36.6 Å². The van der Waals surface area contributed by atoms with Crippen LogP contribution >= 0.6 is 23.3 Å². The van der Waals surface area contributed by atoms with Crippen LogP contribution in [0, 0.1) is 5.92 Å². The Morgan fingerprint density at radius 3 is 2.75 bits per heavy atom. The number of carbonyl (C=O) groups is 2. The molecule has 1 saturated heterocycles. The van der Waals surface area contributed by atoms with E-state index < -0.39 is 0 Å². The van der Waals surface area contributed by atoms with Gasteiger partial charge in [-0.3, -0.25) is 9.59 Å². The van der Waals surface area contributed by atoms with Crippen LogP contribution < -0.4 is 5.32 Å². The maximum atomic E-state index is 12.7. The molecule has 4 rings (SSSR count). The Labute approximate surface area is 171 Å². The number of amides is 2. The van der Waals surface area contributed by atoms with E-state index in [1.54, 1.807) is 17.0 Å². The summed E-state index contributed by atoms with van der Waals surface area (Å²) in [6.07, 6.45) is 1.43. The fourth-order valence-electron chi connectivity index (χ4n) is 3.38. The van der Waals surface area contributed by atoms with Gasteiger partial charge in [0.25, 0.3) is 5.91 Å². The normalized spacial score (nSPS) is 16.5. The molecule has 1 N–H and O–H groups in total. The Morgan fingerprint density at radius 2 is 1.93 bits per heavy atom. The minimum atomic E-state index is -0.168. The zero-order chi connectivity index (χ0) is 19.5. The Kier molecular flexibility index (Phi) is 5.54. The van der Waals surface area contributed by atoms with Crippen molar-refractivity contribution in [2.24, 2.45) is 5.92 Å². The standard InChI is InChI=1S/C20H19ClN4O2S/c21-16-4-1-13(2-5-16)7-9-22-19(26)15-8-10-25(12-15)20(27)14-3-6-17-18(11-14)24-28-23-17/h1-6,11,15H,7-10,12H2,(H,22,26)/t15-/m0/s1. The van der Waals surface area contributed by atoms with Crippen molar-refractivity contribution in [3.05, 3.63) is 58.6 Å². The molecule has 144 valence electrons. The molecule has 6 nitrogen and oxygen atoms in total. The first-order chi connectivity index (χ1) is 13.6. The number of nitrogens with one attached hydrogen (secondary N) is 1. The van der Waals surface area contributed by atoms with E-state index in [9.17, 15) is 9.59 Å². The highest BCUT2D eigenvalue weighted by Crippen LogP contribution is 2.21. The minimum absolute atomic E-state index is 0.00316. The molecule has 2 heterocycles. The molecule has 2 aromatic carbocycles. The fraction of sp³-hybridized carbons (Fsp3) is 0.300. The Hall–Kier alpha value is -2.51. The summed E-state index contributed by atoms with van der Waals surface area (Å²) in [6, 6.07) is 12.9. The van der Waals surface area contributed by atoms with Crippen molar-refractivity contribution in [1.82, 2.24) is 19.0 Å². The zero-order valence-electron chi connectivity index (χ0n) is 15.1. The molecule has 2 amide bonds. The van der Waals surface area contributed by atoms with Gasteiger partial charge in [-0.15, -0.1) is 0 Å². The monoisotopic (exact) mass is 414 g/mol. The molecule has 1 fully saturated rings. The van der Waals surface area contributed by atoms with Crippen LogP contribution in [0.5, 0.6) is 0 Å². The predicted molar refractivity (Wildman–Crippen MR) is 110 cm³/mol. The van der Waals surface area contributed by atoms with Crippen LogP contribution in [0.25, 0.3) is 11.0 Å². The third kappa shape index (κ3) is 4.15. The topological polar surface area (TPSA) is 75.2 Å². The maximum absolute atomic E-state index is 12.7. The third-order valence-corrected chi connectivity index (χ3v) is 5.78. The maximum Gasteiger partial charge on any atom is 0.253 e. The Balaban J connectivity index is 1.29. The second-order valence-corrected chi connectivity index (χ2v) is 7.84. The third-order valence-electron chi connectivity index (χ3n) is 4.97. The quantitative estimate of drug-likeness (QED) is 0.695.